The molecule has 22 heavy (non-hydrogen) atoms. The maximum Gasteiger partial charge on any atom is 0.311 e. The molecule has 0 saturated carbocycles. The summed E-state index contributed by atoms with van der Waals surface area (Å²) in [6, 6.07) is 10.2. The number of benzene rings is 1. The largest absolute Gasteiger partial charge is 0.414 e. The lowest BCUT2D eigenvalue weighted by atomic mass is 10.0. The first-order chi connectivity index (χ1) is 10.8. The van der Waals surface area contributed by atoms with Crippen molar-refractivity contribution in [2.24, 2.45) is 0 Å². The second-order valence-corrected chi connectivity index (χ2v) is 5.10. The normalized spacial score (nSPS) is 18.4. The van der Waals surface area contributed by atoms with Crippen molar-refractivity contribution >= 4 is 5.91 Å². The molecule has 0 bridgehead atoms. The number of methoxy groups -OCH3 is 1. The summed E-state index contributed by atoms with van der Waals surface area (Å²) in [6.07, 6.45) is 0. The first-order valence-electron chi connectivity index (χ1n) is 7.17. The molecule has 1 aromatic heterocycles. The second kappa shape index (κ2) is 6.67. The van der Waals surface area contributed by atoms with Crippen molar-refractivity contribution in [1.82, 2.24) is 20.4 Å². The average molecular weight is 302 g/mol. The number of amides is 1. The highest BCUT2D eigenvalue weighted by molar-refractivity contribution is 5.89. The van der Waals surface area contributed by atoms with Crippen molar-refractivity contribution in [3.8, 4) is 0 Å². The zero-order valence-electron chi connectivity index (χ0n) is 12.4. The van der Waals surface area contributed by atoms with Crippen molar-refractivity contribution < 1.29 is 13.9 Å². The van der Waals surface area contributed by atoms with Gasteiger partial charge in [-0.3, -0.25) is 4.79 Å². The summed E-state index contributed by atoms with van der Waals surface area (Å²) in [5.41, 5.74) is 1.16. The fourth-order valence-electron chi connectivity index (χ4n) is 2.50. The van der Waals surface area contributed by atoms with E-state index in [0.29, 0.717) is 19.0 Å². The van der Waals surface area contributed by atoms with Crippen LogP contribution in [0.1, 0.15) is 28.2 Å². The third-order valence-corrected chi connectivity index (χ3v) is 3.58. The first-order valence-corrected chi connectivity index (χ1v) is 7.17. The lowest BCUT2D eigenvalue weighted by molar-refractivity contribution is 0.0655. The topological polar surface area (TPSA) is 80.5 Å². The molecule has 0 spiro atoms. The third-order valence-electron chi connectivity index (χ3n) is 3.58. The molecule has 1 unspecified atom stereocenters. The summed E-state index contributed by atoms with van der Waals surface area (Å²) in [4.78, 5) is 14.2. The molecule has 2 heterocycles. The molecule has 1 fully saturated rings. The molecule has 1 N–H and O–H groups in total. The van der Waals surface area contributed by atoms with E-state index in [1.807, 2.05) is 18.2 Å². The molecular weight excluding hydrogens is 284 g/mol. The molecule has 1 saturated heterocycles. The molecule has 7 nitrogen and oxygen atoms in total. The summed E-state index contributed by atoms with van der Waals surface area (Å²) in [5, 5.41) is 11.0. The van der Waals surface area contributed by atoms with Gasteiger partial charge in [0.1, 0.15) is 6.61 Å². The Labute approximate surface area is 128 Å². The molecule has 1 atom stereocenters. The number of rotatable bonds is 4. The van der Waals surface area contributed by atoms with E-state index in [2.05, 4.69) is 27.6 Å². The van der Waals surface area contributed by atoms with Crippen LogP contribution in [0.5, 0.6) is 0 Å². The van der Waals surface area contributed by atoms with Gasteiger partial charge in [-0.25, -0.2) is 0 Å². The summed E-state index contributed by atoms with van der Waals surface area (Å²) in [6.45, 7) is 2.12. The Kier molecular flexibility index (Phi) is 4.45. The van der Waals surface area contributed by atoms with Gasteiger partial charge in [0.2, 0.25) is 5.89 Å². The number of nitrogens with zero attached hydrogens (tertiary/aromatic N) is 3. The quantitative estimate of drug-likeness (QED) is 0.907. The van der Waals surface area contributed by atoms with E-state index in [-0.39, 0.29) is 24.4 Å². The molecule has 7 heteroatoms. The van der Waals surface area contributed by atoms with Crippen molar-refractivity contribution in [3.63, 3.8) is 0 Å². The van der Waals surface area contributed by atoms with Crippen LogP contribution in [0.25, 0.3) is 0 Å². The number of carbonyl (C=O) groups is 1. The Hall–Kier alpha value is -2.25. The van der Waals surface area contributed by atoms with Gasteiger partial charge in [0.25, 0.3) is 0 Å². The number of piperazine rings is 1. The summed E-state index contributed by atoms with van der Waals surface area (Å²) in [7, 11) is 1.53. The van der Waals surface area contributed by atoms with Gasteiger partial charge in [0.05, 0.1) is 0 Å². The number of carbonyl (C=O) groups excluding carboxylic acids is 1. The van der Waals surface area contributed by atoms with Crippen LogP contribution < -0.4 is 5.32 Å². The van der Waals surface area contributed by atoms with Gasteiger partial charge in [-0.1, -0.05) is 30.3 Å². The smallest absolute Gasteiger partial charge is 0.311 e. The molecule has 0 radical (unpaired) electrons. The minimum absolute atomic E-state index is 0.0146. The molecule has 1 aliphatic heterocycles. The summed E-state index contributed by atoms with van der Waals surface area (Å²) in [5.74, 6) is 0.0821. The highest BCUT2D eigenvalue weighted by Crippen LogP contribution is 2.18. The van der Waals surface area contributed by atoms with E-state index in [4.69, 9.17) is 9.15 Å². The van der Waals surface area contributed by atoms with E-state index in [0.717, 1.165) is 12.1 Å². The summed E-state index contributed by atoms with van der Waals surface area (Å²) < 4.78 is 10.2. The fraction of sp³-hybridized carbons (Fsp3) is 0.400. The van der Waals surface area contributed by atoms with Crippen LogP contribution in [0.15, 0.2) is 34.7 Å². The van der Waals surface area contributed by atoms with Gasteiger partial charge in [0.15, 0.2) is 0 Å². The Morgan fingerprint density at radius 2 is 2.23 bits per heavy atom. The maximum atomic E-state index is 12.5. The van der Waals surface area contributed by atoms with E-state index in [1.54, 1.807) is 4.90 Å². The van der Waals surface area contributed by atoms with E-state index in [1.165, 1.54) is 7.11 Å². The number of hydrogen-bond donors (Lipinski definition) is 1. The number of aromatic nitrogens is 2. The van der Waals surface area contributed by atoms with Gasteiger partial charge >= 0.3 is 11.8 Å². The third kappa shape index (κ3) is 3.15. The minimum atomic E-state index is -0.239. The van der Waals surface area contributed by atoms with Crippen LogP contribution >= 0.6 is 0 Å². The van der Waals surface area contributed by atoms with Gasteiger partial charge in [-0.05, 0) is 5.56 Å². The molecular formula is C15H18N4O3. The molecule has 1 aliphatic rings. The Bertz CT molecular complexity index is 629. The second-order valence-electron chi connectivity index (χ2n) is 5.10. The monoisotopic (exact) mass is 302 g/mol. The van der Waals surface area contributed by atoms with E-state index < -0.39 is 0 Å². The maximum absolute atomic E-state index is 12.5. The average Bonchev–Trinajstić information content (AvgIpc) is 3.04. The van der Waals surface area contributed by atoms with Crippen LogP contribution in [0.4, 0.5) is 0 Å². The van der Waals surface area contributed by atoms with Crippen LogP contribution in [-0.2, 0) is 11.3 Å². The van der Waals surface area contributed by atoms with Crippen LogP contribution in [0.3, 0.4) is 0 Å². The molecule has 1 aromatic carbocycles. The predicted octanol–water partition coefficient (Wildman–Crippen LogP) is 1.00. The van der Waals surface area contributed by atoms with Gasteiger partial charge in [0, 0.05) is 32.8 Å². The predicted molar refractivity (Wildman–Crippen MR) is 78.1 cm³/mol. The Morgan fingerprint density at radius 1 is 1.41 bits per heavy atom. The molecule has 1 amide bonds. The number of hydrogen-bond acceptors (Lipinski definition) is 6. The number of nitrogens with one attached hydrogen (secondary N) is 1. The van der Waals surface area contributed by atoms with Crippen LogP contribution in [0.2, 0.25) is 0 Å². The zero-order valence-corrected chi connectivity index (χ0v) is 12.4. The lowest BCUT2D eigenvalue weighted by Crippen LogP contribution is -2.48. The van der Waals surface area contributed by atoms with Gasteiger partial charge < -0.3 is 19.4 Å². The zero-order chi connectivity index (χ0) is 15.4. The minimum Gasteiger partial charge on any atom is -0.414 e. The summed E-state index contributed by atoms with van der Waals surface area (Å²) >= 11 is 0. The van der Waals surface area contributed by atoms with Crippen LogP contribution in [-0.4, -0.2) is 47.7 Å². The standard InChI is InChI=1S/C15H18N4O3/c1-21-10-13-17-18-14(22-13)15(20)19-8-7-16-12(9-19)11-5-3-2-4-6-11/h2-6,12,16H,7-10H2,1H3. The SMILES string of the molecule is COCc1nnc(C(=O)N2CCNC(c3ccccc3)C2)o1. The van der Waals surface area contributed by atoms with E-state index >= 15 is 0 Å². The highest BCUT2D eigenvalue weighted by atomic mass is 16.5. The van der Waals surface area contributed by atoms with Gasteiger partial charge in [-0.15, -0.1) is 10.2 Å². The van der Waals surface area contributed by atoms with Crippen LogP contribution in [0, 0.1) is 0 Å². The van der Waals surface area contributed by atoms with Crippen molar-refractivity contribution in [3.05, 3.63) is 47.7 Å². The van der Waals surface area contributed by atoms with E-state index in [9.17, 15) is 4.79 Å². The number of ether oxygens (including phenoxy) is 1. The molecule has 3 rings (SSSR count). The molecule has 116 valence electrons. The lowest BCUT2D eigenvalue weighted by Gasteiger charge is -2.33. The Morgan fingerprint density at radius 3 is 3.00 bits per heavy atom. The molecule has 0 aliphatic carbocycles. The fourth-order valence-corrected chi connectivity index (χ4v) is 2.50. The highest BCUT2D eigenvalue weighted by Gasteiger charge is 2.28. The van der Waals surface area contributed by atoms with Crippen molar-refractivity contribution in [1.29, 1.82) is 0 Å². The van der Waals surface area contributed by atoms with Gasteiger partial charge in [-0.2, -0.15) is 0 Å². The first kappa shape index (κ1) is 14.7. The Balaban J connectivity index is 1.69. The molecule has 2 aromatic rings. The van der Waals surface area contributed by atoms with Crippen molar-refractivity contribution in [2.75, 3.05) is 26.7 Å². The van der Waals surface area contributed by atoms with Crippen molar-refractivity contribution in [2.45, 2.75) is 12.6 Å².